The van der Waals surface area contributed by atoms with Gasteiger partial charge in [-0.3, -0.25) is 0 Å². The van der Waals surface area contributed by atoms with E-state index in [1.54, 1.807) is 0 Å². The fourth-order valence-corrected chi connectivity index (χ4v) is 1.15. The van der Waals surface area contributed by atoms with E-state index >= 15 is 0 Å². The molecule has 84 valence electrons. The molecular formula is C9H9F4NO. The number of nitrogens with one attached hydrogen (secondary N) is 1. The Morgan fingerprint density at radius 3 is 2.53 bits per heavy atom. The fourth-order valence-electron chi connectivity index (χ4n) is 1.15. The van der Waals surface area contributed by atoms with Gasteiger partial charge in [0, 0.05) is 12.1 Å². The van der Waals surface area contributed by atoms with Crippen LogP contribution in [0.5, 0.6) is 0 Å². The van der Waals surface area contributed by atoms with Gasteiger partial charge in [0.2, 0.25) is 0 Å². The zero-order chi connectivity index (χ0) is 11.5. The Labute approximate surface area is 83.8 Å². The van der Waals surface area contributed by atoms with Gasteiger partial charge in [-0.1, -0.05) is 6.07 Å². The number of halogens is 4. The summed E-state index contributed by atoms with van der Waals surface area (Å²) in [5.41, 5.74) is 0.732. The maximum Gasteiger partial charge on any atom is 0.416 e. The smallest absolute Gasteiger partial charge is 0.305 e. The van der Waals surface area contributed by atoms with E-state index in [-0.39, 0.29) is 6.54 Å². The lowest BCUT2D eigenvalue weighted by molar-refractivity contribution is -0.138. The minimum absolute atomic E-state index is 0.335. The summed E-state index contributed by atoms with van der Waals surface area (Å²) in [5, 5.41) is 0. The average Bonchev–Trinajstić information content (AvgIpc) is 2.14. The van der Waals surface area contributed by atoms with Crippen LogP contribution in [0.1, 0.15) is 11.1 Å². The Kier molecular flexibility index (Phi) is 3.65. The van der Waals surface area contributed by atoms with Crippen molar-refractivity contribution in [1.82, 2.24) is 5.48 Å². The third-order valence-electron chi connectivity index (χ3n) is 1.82. The molecule has 0 aliphatic carbocycles. The Hall–Kier alpha value is -1.14. The van der Waals surface area contributed by atoms with E-state index in [0.717, 1.165) is 18.2 Å². The first-order chi connectivity index (χ1) is 6.96. The fraction of sp³-hybridized carbons (Fsp3) is 0.333. The third kappa shape index (κ3) is 2.90. The molecule has 0 amide bonds. The predicted molar refractivity (Wildman–Crippen MR) is 45.3 cm³/mol. The lowest BCUT2D eigenvalue weighted by Crippen LogP contribution is -2.18. The van der Waals surface area contributed by atoms with Gasteiger partial charge in [-0.25, -0.2) is 4.39 Å². The van der Waals surface area contributed by atoms with Crippen molar-refractivity contribution in [2.75, 3.05) is 7.11 Å². The number of benzene rings is 1. The minimum atomic E-state index is -4.56. The van der Waals surface area contributed by atoms with Gasteiger partial charge in [-0.2, -0.15) is 18.7 Å². The van der Waals surface area contributed by atoms with E-state index in [2.05, 4.69) is 10.3 Å². The van der Waals surface area contributed by atoms with Crippen LogP contribution in [0.2, 0.25) is 0 Å². The summed E-state index contributed by atoms with van der Waals surface area (Å²) in [4.78, 5) is 4.38. The van der Waals surface area contributed by atoms with Gasteiger partial charge < -0.3 is 4.84 Å². The van der Waals surface area contributed by atoms with Crippen molar-refractivity contribution >= 4 is 0 Å². The second-order valence-electron chi connectivity index (χ2n) is 2.79. The van der Waals surface area contributed by atoms with Gasteiger partial charge in [-0.15, -0.1) is 0 Å². The first-order valence-electron chi connectivity index (χ1n) is 4.07. The molecule has 2 nitrogen and oxygen atoms in total. The molecule has 0 atom stereocenters. The average molecular weight is 223 g/mol. The molecule has 0 heterocycles. The molecule has 0 fully saturated rings. The standard InChI is InChI=1S/C9H9F4NO/c1-15-14-5-6-7(9(11,12)13)3-2-4-8(6)10/h2-4,14H,5H2,1H3. The van der Waals surface area contributed by atoms with Crippen LogP contribution in [-0.2, 0) is 17.6 Å². The van der Waals surface area contributed by atoms with Crippen LogP contribution in [0.25, 0.3) is 0 Å². The number of hydroxylamine groups is 1. The second kappa shape index (κ2) is 4.59. The van der Waals surface area contributed by atoms with E-state index in [1.165, 1.54) is 7.11 Å². The molecule has 1 N–H and O–H groups in total. The molecule has 0 unspecified atom stereocenters. The second-order valence-corrected chi connectivity index (χ2v) is 2.79. The zero-order valence-electron chi connectivity index (χ0n) is 7.86. The third-order valence-corrected chi connectivity index (χ3v) is 1.82. The maximum absolute atomic E-state index is 13.1. The summed E-state index contributed by atoms with van der Waals surface area (Å²) in [6.07, 6.45) is -4.56. The number of hydrogen-bond donors (Lipinski definition) is 1. The molecule has 0 spiro atoms. The van der Waals surface area contributed by atoms with Crippen LogP contribution < -0.4 is 5.48 Å². The van der Waals surface area contributed by atoms with Crippen molar-refractivity contribution in [2.45, 2.75) is 12.7 Å². The molecule has 0 aromatic heterocycles. The highest BCUT2D eigenvalue weighted by Gasteiger charge is 2.34. The predicted octanol–water partition coefficient (Wildman–Crippen LogP) is 2.50. The summed E-state index contributed by atoms with van der Waals surface area (Å²) in [5.74, 6) is -0.908. The molecule has 0 aliphatic rings. The molecule has 0 aliphatic heterocycles. The van der Waals surface area contributed by atoms with Gasteiger partial charge in [0.25, 0.3) is 0 Å². The molecule has 6 heteroatoms. The number of hydrogen-bond acceptors (Lipinski definition) is 2. The highest BCUT2D eigenvalue weighted by molar-refractivity contribution is 5.30. The van der Waals surface area contributed by atoms with Gasteiger partial charge in [0.15, 0.2) is 0 Å². The highest BCUT2D eigenvalue weighted by Crippen LogP contribution is 2.32. The first kappa shape index (κ1) is 11.9. The Morgan fingerprint density at radius 1 is 1.33 bits per heavy atom. The Morgan fingerprint density at radius 2 is 2.00 bits per heavy atom. The van der Waals surface area contributed by atoms with Crippen LogP contribution in [0.3, 0.4) is 0 Å². The van der Waals surface area contributed by atoms with E-state index in [4.69, 9.17) is 0 Å². The van der Waals surface area contributed by atoms with Crippen LogP contribution >= 0.6 is 0 Å². The lowest BCUT2D eigenvalue weighted by atomic mass is 10.1. The normalized spacial score (nSPS) is 11.8. The summed E-state index contributed by atoms with van der Waals surface area (Å²) < 4.78 is 50.4. The van der Waals surface area contributed by atoms with Crippen molar-refractivity contribution in [3.8, 4) is 0 Å². The number of alkyl halides is 3. The van der Waals surface area contributed by atoms with Crippen molar-refractivity contribution in [2.24, 2.45) is 0 Å². The molecule has 1 aromatic rings. The molecule has 15 heavy (non-hydrogen) atoms. The first-order valence-corrected chi connectivity index (χ1v) is 4.07. The van der Waals surface area contributed by atoms with Crippen LogP contribution in [-0.4, -0.2) is 7.11 Å². The van der Waals surface area contributed by atoms with E-state index in [9.17, 15) is 17.6 Å². The molecule has 0 radical (unpaired) electrons. The van der Waals surface area contributed by atoms with Gasteiger partial charge in [0.05, 0.1) is 12.7 Å². The largest absolute Gasteiger partial charge is 0.416 e. The molecular weight excluding hydrogens is 214 g/mol. The van der Waals surface area contributed by atoms with Crippen molar-refractivity contribution in [1.29, 1.82) is 0 Å². The van der Waals surface area contributed by atoms with Crippen LogP contribution in [0.15, 0.2) is 18.2 Å². The lowest BCUT2D eigenvalue weighted by Gasteiger charge is -2.13. The number of rotatable bonds is 3. The molecule has 0 saturated carbocycles. The van der Waals surface area contributed by atoms with Gasteiger partial charge in [0.1, 0.15) is 5.82 Å². The van der Waals surface area contributed by atoms with Gasteiger partial charge >= 0.3 is 6.18 Å². The molecule has 0 bridgehead atoms. The zero-order valence-corrected chi connectivity index (χ0v) is 7.86. The summed E-state index contributed by atoms with van der Waals surface area (Å²) in [6.45, 7) is -0.335. The quantitative estimate of drug-likeness (QED) is 0.628. The molecule has 0 saturated heterocycles. The molecule has 1 aromatic carbocycles. The summed E-state index contributed by atoms with van der Waals surface area (Å²) in [6, 6.07) is 2.83. The molecule has 1 rings (SSSR count). The van der Waals surface area contributed by atoms with E-state index in [1.807, 2.05) is 0 Å². The van der Waals surface area contributed by atoms with Crippen LogP contribution in [0, 0.1) is 5.82 Å². The highest BCUT2D eigenvalue weighted by atomic mass is 19.4. The SMILES string of the molecule is CONCc1c(F)cccc1C(F)(F)F. The van der Waals surface area contributed by atoms with Crippen molar-refractivity contribution < 1.29 is 22.4 Å². The Bertz CT molecular complexity index is 337. The van der Waals surface area contributed by atoms with Gasteiger partial charge in [-0.05, 0) is 12.1 Å². The Balaban J connectivity index is 3.09. The minimum Gasteiger partial charge on any atom is -0.305 e. The topological polar surface area (TPSA) is 21.3 Å². The van der Waals surface area contributed by atoms with Crippen molar-refractivity contribution in [3.63, 3.8) is 0 Å². The summed E-state index contributed by atoms with van der Waals surface area (Å²) >= 11 is 0. The van der Waals surface area contributed by atoms with Crippen LogP contribution in [0.4, 0.5) is 17.6 Å². The van der Waals surface area contributed by atoms with E-state index in [0.29, 0.717) is 0 Å². The maximum atomic E-state index is 13.1. The van der Waals surface area contributed by atoms with Crippen molar-refractivity contribution in [3.05, 3.63) is 35.1 Å². The summed E-state index contributed by atoms with van der Waals surface area (Å²) in [7, 11) is 1.24. The monoisotopic (exact) mass is 223 g/mol. The van der Waals surface area contributed by atoms with E-state index < -0.39 is 23.1 Å².